The van der Waals surface area contributed by atoms with E-state index in [0.29, 0.717) is 12.5 Å². The molecule has 3 atom stereocenters. The third kappa shape index (κ3) is 5.56. The van der Waals surface area contributed by atoms with Gasteiger partial charge < -0.3 is 9.47 Å². The standard InChI is InChI=1S/C33H36O2/c1-5-26(4)21-22-32-31(25(2)3)23-30(35-32)24-34-33(27-15-9-6-10-16-27,28-17-11-7-12-18-28)29-19-13-8-14-20-29/h5-21,30-32H,1-2,22-24H2,3-4H3/b26-21+/t30-,31-,32-/m0/s1. The van der Waals surface area contributed by atoms with Crippen molar-refractivity contribution in [1.29, 1.82) is 0 Å². The molecule has 0 unspecified atom stereocenters. The Balaban J connectivity index is 1.67. The van der Waals surface area contributed by atoms with E-state index in [9.17, 15) is 0 Å². The van der Waals surface area contributed by atoms with E-state index in [4.69, 9.17) is 9.47 Å². The first kappa shape index (κ1) is 24.9. The predicted octanol–water partition coefficient (Wildman–Crippen LogP) is 7.87. The first-order valence-corrected chi connectivity index (χ1v) is 12.4. The van der Waals surface area contributed by atoms with Gasteiger partial charge in [-0.3, -0.25) is 0 Å². The highest BCUT2D eigenvalue weighted by Crippen LogP contribution is 2.42. The minimum Gasteiger partial charge on any atom is -0.372 e. The van der Waals surface area contributed by atoms with Crippen LogP contribution in [0.5, 0.6) is 0 Å². The summed E-state index contributed by atoms with van der Waals surface area (Å²) in [5.74, 6) is 0.317. The first-order valence-electron chi connectivity index (χ1n) is 12.4. The smallest absolute Gasteiger partial charge is 0.143 e. The van der Waals surface area contributed by atoms with E-state index < -0.39 is 5.60 Å². The summed E-state index contributed by atoms with van der Waals surface area (Å²) in [7, 11) is 0. The Kier molecular flexibility index (Phi) is 8.17. The van der Waals surface area contributed by atoms with Crippen molar-refractivity contribution in [3.05, 3.63) is 144 Å². The molecular formula is C33H36O2. The SMILES string of the molecule is C=C/C(C)=C/C[C@@H]1O[C@H](COC(c2ccccc2)(c2ccccc2)c2ccccc2)C[C@H]1C(=C)C. The van der Waals surface area contributed by atoms with Gasteiger partial charge in [0.05, 0.1) is 18.8 Å². The molecule has 3 aromatic rings. The van der Waals surface area contributed by atoms with E-state index in [1.54, 1.807) is 0 Å². The normalized spacial score (nSPS) is 20.5. The van der Waals surface area contributed by atoms with Crippen molar-refractivity contribution < 1.29 is 9.47 Å². The largest absolute Gasteiger partial charge is 0.372 e. The topological polar surface area (TPSA) is 18.5 Å². The van der Waals surface area contributed by atoms with E-state index in [0.717, 1.165) is 29.5 Å². The molecule has 0 radical (unpaired) electrons. The van der Waals surface area contributed by atoms with Crippen molar-refractivity contribution in [3.63, 3.8) is 0 Å². The molecular weight excluding hydrogens is 428 g/mol. The number of hydrogen-bond donors (Lipinski definition) is 0. The molecule has 0 aromatic heterocycles. The molecule has 35 heavy (non-hydrogen) atoms. The van der Waals surface area contributed by atoms with E-state index in [2.05, 4.69) is 106 Å². The van der Waals surface area contributed by atoms with E-state index in [1.165, 1.54) is 11.1 Å². The summed E-state index contributed by atoms with van der Waals surface area (Å²) in [4.78, 5) is 0. The second-order valence-corrected chi connectivity index (χ2v) is 9.46. The average Bonchev–Trinajstić information content (AvgIpc) is 3.33. The molecule has 0 N–H and O–H groups in total. The number of benzene rings is 3. The molecule has 1 fully saturated rings. The molecule has 2 nitrogen and oxygen atoms in total. The van der Waals surface area contributed by atoms with Gasteiger partial charge in [-0.25, -0.2) is 0 Å². The molecule has 1 aliphatic heterocycles. The molecule has 0 saturated carbocycles. The van der Waals surface area contributed by atoms with Gasteiger partial charge in [-0.15, -0.1) is 0 Å². The van der Waals surface area contributed by atoms with Crippen molar-refractivity contribution in [1.82, 2.24) is 0 Å². The zero-order valence-electron chi connectivity index (χ0n) is 20.9. The van der Waals surface area contributed by atoms with Gasteiger partial charge in [0.15, 0.2) is 0 Å². The molecule has 2 heteroatoms. The van der Waals surface area contributed by atoms with Crippen LogP contribution in [0.15, 0.2) is 127 Å². The summed E-state index contributed by atoms with van der Waals surface area (Å²) in [5, 5.41) is 0. The Morgan fingerprint density at radius 1 is 0.886 bits per heavy atom. The number of rotatable bonds is 10. The summed E-state index contributed by atoms with van der Waals surface area (Å²) >= 11 is 0. The van der Waals surface area contributed by atoms with Gasteiger partial charge in [0.1, 0.15) is 5.60 Å². The highest BCUT2D eigenvalue weighted by Gasteiger charge is 2.41. The molecule has 1 aliphatic rings. The van der Waals surface area contributed by atoms with Gasteiger partial charge in [-0.05, 0) is 43.4 Å². The van der Waals surface area contributed by atoms with Gasteiger partial charge in [-0.2, -0.15) is 0 Å². The molecule has 3 aromatic carbocycles. The Labute approximate surface area is 210 Å². The van der Waals surface area contributed by atoms with Crippen LogP contribution in [-0.4, -0.2) is 18.8 Å². The van der Waals surface area contributed by atoms with Crippen LogP contribution in [0.3, 0.4) is 0 Å². The number of ether oxygens (including phenoxy) is 2. The van der Waals surface area contributed by atoms with Gasteiger partial charge in [-0.1, -0.05) is 127 Å². The maximum absolute atomic E-state index is 7.01. The maximum atomic E-state index is 7.01. The Morgan fingerprint density at radius 2 is 1.37 bits per heavy atom. The van der Waals surface area contributed by atoms with Crippen molar-refractivity contribution >= 4 is 0 Å². The summed E-state index contributed by atoms with van der Waals surface area (Å²) in [6.45, 7) is 12.8. The predicted molar refractivity (Wildman–Crippen MR) is 145 cm³/mol. The van der Waals surface area contributed by atoms with Gasteiger partial charge >= 0.3 is 0 Å². The molecule has 0 amide bonds. The third-order valence-corrected chi connectivity index (χ3v) is 6.99. The quantitative estimate of drug-likeness (QED) is 0.173. The number of allylic oxidation sites excluding steroid dienone is 2. The van der Waals surface area contributed by atoms with Crippen molar-refractivity contribution in [2.75, 3.05) is 6.61 Å². The van der Waals surface area contributed by atoms with Crippen LogP contribution in [0.2, 0.25) is 0 Å². The summed E-state index contributed by atoms with van der Waals surface area (Å²) in [5.41, 5.74) is 4.92. The fraction of sp³-hybridized carbons (Fsp3) is 0.273. The fourth-order valence-electron chi connectivity index (χ4n) is 5.05. The Morgan fingerprint density at radius 3 is 1.80 bits per heavy atom. The summed E-state index contributed by atoms with van der Waals surface area (Å²) < 4.78 is 13.6. The number of hydrogen-bond acceptors (Lipinski definition) is 2. The zero-order chi connectivity index (χ0) is 24.7. The van der Waals surface area contributed by atoms with Crippen LogP contribution in [0, 0.1) is 5.92 Å². The van der Waals surface area contributed by atoms with Crippen molar-refractivity contribution in [2.24, 2.45) is 5.92 Å². The highest BCUT2D eigenvalue weighted by molar-refractivity contribution is 5.47. The Hall–Kier alpha value is -3.20. The molecule has 180 valence electrons. The van der Waals surface area contributed by atoms with Crippen LogP contribution in [0.1, 0.15) is 43.4 Å². The van der Waals surface area contributed by atoms with E-state index >= 15 is 0 Å². The van der Waals surface area contributed by atoms with Crippen LogP contribution in [0.25, 0.3) is 0 Å². The molecule has 0 spiro atoms. The van der Waals surface area contributed by atoms with Crippen molar-refractivity contribution in [3.8, 4) is 0 Å². The second kappa shape index (κ2) is 11.5. The fourth-order valence-corrected chi connectivity index (χ4v) is 5.05. The minimum absolute atomic E-state index is 0.00495. The minimum atomic E-state index is -0.733. The van der Waals surface area contributed by atoms with Crippen LogP contribution >= 0.6 is 0 Å². The second-order valence-electron chi connectivity index (χ2n) is 9.46. The summed E-state index contributed by atoms with van der Waals surface area (Å²) in [6, 6.07) is 31.5. The van der Waals surface area contributed by atoms with Crippen LogP contribution in [-0.2, 0) is 15.1 Å². The highest BCUT2D eigenvalue weighted by atomic mass is 16.6. The lowest BCUT2D eigenvalue weighted by Gasteiger charge is -2.36. The first-order chi connectivity index (χ1) is 17.0. The van der Waals surface area contributed by atoms with E-state index in [-0.39, 0.29) is 12.2 Å². The molecule has 1 heterocycles. The maximum Gasteiger partial charge on any atom is 0.143 e. The lowest BCUT2D eigenvalue weighted by molar-refractivity contribution is -0.0619. The Bertz CT molecular complexity index is 1030. The zero-order valence-corrected chi connectivity index (χ0v) is 20.9. The molecule has 1 saturated heterocycles. The molecule has 0 bridgehead atoms. The van der Waals surface area contributed by atoms with Gasteiger partial charge in [0.25, 0.3) is 0 Å². The third-order valence-electron chi connectivity index (χ3n) is 6.99. The lowest BCUT2D eigenvalue weighted by atomic mass is 9.80. The lowest BCUT2D eigenvalue weighted by Crippen LogP contribution is -2.35. The van der Waals surface area contributed by atoms with Gasteiger partial charge in [0, 0.05) is 5.92 Å². The van der Waals surface area contributed by atoms with Crippen LogP contribution in [0.4, 0.5) is 0 Å². The monoisotopic (exact) mass is 464 g/mol. The van der Waals surface area contributed by atoms with Crippen LogP contribution < -0.4 is 0 Å². The average molecular weight is 465 g/mol. The van der Waals surface area contributed by atoms with Gasteiger partial charge in [0.2, 0.25) is 0 Å². The van der Waals surface area contributed by atoms with Crippen molar-refractivity contribution in [2.45, 2.75) is 44.5 Å². The molecule has 0 aliphatic carbocycles. The summed E-state index contributed by atoms with van der Waals surface area (Å²) in [6.07, 6.45) is 5.96. The van der Waals surface area contributed by atoms with E-state index in [1.807, 2.05) is 24.3 Å². The molecule has 4 rings (SSSR count).